The molecule has 200 valence electrons. The first-order valence-electron chi connectivity index (χ1n) is 12.9. The van der Waals surface area contributed by atoms with Crippen molar-refractivity contribution in [3.8, 4) is 11.8 Å². The Bertz CT molecular complexity index is 1400. The number of halogens is 2. The number of hydrogen-bond acceptors (Lipinski definition) is 4. The van der Waals surface area contributed by atoms with Crippen molar-refractivity contribution in [2.24, 2.45) is 0 Å². The molecule has 2 aliphatic heterocycles. The zero-order valence-electron chi connectivity index (χ0n) is 21.4. The highest BCUT2D eigenvalue weighted by Gasteiger charge is 2.43. The third kappa shape index (κ3) is 6.67. The maximum Gasteiger partial charge on any atom is 0.254 e. The molecule has 5 nitrogen and oxygen atoms in total. The Morgan fingerprint density at radius 2 is 1.62 bits per heavy atom. The van der Waals surface area contributed by atoms with E-state index in [1.54, 1.807) is 21.9 Å². The van der Waals surface area contributed by atoms with E-state index in [2.05, 4.69) is 11.8 Å². The molecule has 2 amide bonds. The van der Waals surface area contributed by atoms with E-state index in [9.17, 15) is 18.4 Å². The average molecular weight is 547 g/mol. The van der Waals surface area contributed by atoms with Gasteiger partial charge in [-0.2, -0.15) is 0 Å². The van der Waals surface area contributed by atoms with Crippen LogP contribution in [-0.4, -0.2) is 65.8 Å². The number of hydrogen-bond donors (Lipinski definition) is 0. The van der Waals surface area contributed by atoms with Crippen LogP contribution in [0, 0.1) is 23.5 Å². The van der Waals surface area contributed by atoms with Gasteiger partial charge < -0.3 is 14.5 Å². The lowest BCUT2D eigenvalue weighted by Crippen LogP contribution is -2.61. The lowest BCUT2D eigenvalue weighted by atomic mass is 9.90. The van der Waals surface area contributed by atoms with Gasteiger partial charge in [-0.3, -0.25) is 9.59 Å². The van der Waals surface area contributed by atoms with Crippen molar-refractivity contribution in [2.75, 3.05) is 38.5 Å². The molecule has 0 bridgehead atoms. The molecule has 2 heterocycles. The monoisotopic (exact) mass is 546 g/mol. The first kappa shape index (κ1) is 26.9. The zero-order chi connectivity index (χ0) is 27.2. The molecule has 1 unspecified atom stereocenters. The minimum Gasteiger partial charge on any atom is -0.369 e. The number of ether oxygens (including phenoxy) is 1. The van der Waals surface area contributed by atoms with Crippen LogP contribution in [0.5, 0.6) is 0 Å². The molecule has 5 rings (SSSR count). The van der Waals surface area contributed by atoms with E-state index in [0.29, 0.717) is 38.3 Å². The second-order valence-corrected chi connectivity index (χ2v) is 10.8. The van der Waals surface area contributed by atoms with Crippen molar-refractivity contribution in [3.05, 3.63) is 101 Å². The highest BCUT2D eigenvalue weighted by molar-refractivity contribution is 8.00. The number of thioether (sulfide) groups is 1. The highest BCUT2D eigenvalue weighted by Crippen LogP contribution is 2.31. The summed E-state index contributed by atoms with van der Waals surface area (Å²) in [5.74, 6) is 4.74. The summed E-state index contributed by atoms with van der Waals surface area (Å²) >= 11 is 1.05. The molecule has 0 aliphatic carbocycles. The number of piperidine rings is 1. The molecule has 2 saturated heterocycles. The van der Waals surface area contributed by atoms with Crippen LogP contribution in [0.4, 0.5) is 8.78 Å². The van der Waals surface area contributed by atoms with Gasteiger partial charge in [0.2, 0.25) is 5.91 Å². The summed E-state index contributed by atoms with van der Waals surface area (Å²) in [6.07, 6.45) is 1.49. The Labute approximate surface area is 231 Å². The molecule has 39 heavy (non-hydrogen) atoms. The number of rotatable bonds is 4. The zero-order valence-corrected chi connectivity index (χ0v) is 22.2. The highest BCUT2D eigenvalue weighted by atomic mass is 32.2. The topological polar surface area (TPSA) is 49.9 Å². The molecule has 2 aliphatic rings. The standard InChI is InChI=1S/C31H28F2N2O3S/c32-26-13-14-28(27(33)19-26)39-20-29(36)34-16-4-15-31(21-34)22-35(17-18-38-31)30(37)25-11-9-24(10-12-25)8-7-23-5-2-1-3-6-23/h1-3,5-6,9-14,19H,4,15-18,20-22H2. The molecule has 3 aromatic rings. The van der Waals surface area contributed by atoms with E-state index in [0.717, 1.165) is 41.8 Å². The SMILES string of the molecule is O=C(CSc1ccc(F)cc1F)N1CCCC2(C1)CN(C(=O)c1ccc(C#Cc3ccccc3)cc1)CCO2. The number of carbonyl (C=O) groups is 2. The van der Waals surface area contributed by atoms with Gasteiger partial charge in [0, 0.05) is 40.7 Å². The van der Waals surface area contributed by atoms with Gasteiger partial charge in [-0.25, -0.2) is 8.78 Å². The summed E-state index contributed by atoms with van der Waals surface area (Å²) in [6, 6.07) is 20.3. The summed E-state index contributed by atoms with van der Waals surface area (Å²) in [5.41, 5.74) is 1.71. The smallest absolute Gasteiger partial charge is 0.254 e. The Morgan fingerprint density at radius 3 is 2.36 bits per heavy atom. The molecule has 1 atom stereocenters. The molecular formula is C31H28F2N2O3S. The number of benzene rings is 3. The second-order valence-electron chi connectivity index (χ2n) is 9.73. The van der Waals surface area contributed by atoms with Crippen LogP contribution in [0.2, 0.25) is 0 Å². The van der Waals surface area contributed by atoms with Gasteiger partial charge in [0.15, 0.2) is 0 Å². The maximum absolute atomic E-state index is 14.0. The summed E-state index contributed by atoms with van der Waals surface area (Å²) in [5, 5.41) is 0. The maximum atomic E-state index is 14.0. The number of likely N-dealkylation sites (tertiary alicyclic amines) is 1. The van der Waals surface area contributed by atoms with Crippen LogP contribution in [-0.2, 0) is 9.53 Å². The molecule has 1 spiro atoms. The van der Waals surface area contributed by atoms with E-state index in [1.807, 2.05) is 42.5 Å². The fourth-order valence-electron chi connectivity index (χ4n) is 4.94. The molecule has 3 aromatic carbocycles. The van der Waals surface area contributed by atoms with E-state index < -0.39 is 17.2 Å². The van der Waals surface area contributed by atoms with Crippen molar-refractivity contribution >= 4 is 23.6 Å². The molecular weight excluding hydrogens is 518 g/mol. The number of morpholine rings is 1. The average Bonchev–Trinajstić information content (AvgIpc) is 2.96. The van der Waals surface area contributed by atoms with Crippen molar-refractivity contribution in [1.82, 2.24) is 9.80 Å². The van der Waals surface area contributed by atoms with Gasteiger partial charge in [0.25, 0.3) is 5.91 Å². The molecule has 8 heteroatoms. The van der Waals surface area contributed by atoms with Crippen LogP contribution < -0.4 is 0 Å². The Balaban J connectivity index is 1.20. The van der Waals surface area contributed by atoms with Crippen LogP contribution in [0.25, 0.3) is 0 Å². The van der Waals surface area contributed by atoms with Crippen LogP contribution in [0.15, 0.2) is 77.7 Å². The van der Waals surface area contributed by atoms with Crippen molar-refractivity contribution < 1.29 is 23.1 Å². The largest absolute Gasteiger partial charge is 0.369 e. The summed E-state index contributed by atoms with van der Waals surface area (Å²) in [6.45, 7) is 2.21. The van der Waals surface area contributed by atoms with Crippen LogP contribution in [0.3, 0.4) is 0 Å². The summed E-state index contributed by atoms with van der Waals surface area (Å²) in [4.78, 5) is 30.0. The fraction of sp³-hybridized carbons (Fsp3) is 0.290. The first-order chi connectivity index (χ1) is 18.9. The first-order valence-corrected chi connectivity index (χ1v) is 13.9. The Kier molecular flexibility index (Phi) is 8.30. The predicted molar refractivity (Wildman–Crippen MR) is 146 cm³/mol. The Hall–Kier alpha value is -3.67. The Morgan fingerprint density at radius 1 is 0.897 bits per heavy atom. The van der Waals surface area contributed by atoms with Gasteiger partial charge in [-0.05, 0) is 61.4 Å². The normalized spacial score (nSPS) is 18.9. The molecule has 2 fully saturated rings. The third-order valence-corrected chi connectivity index (χ3v) is 7.96. The second kappa shape index (κ2) is 12.0. The van der Waals surface area contributed by atoms with Crippen LogP contribution >= 0.6 is 11.8 Å². The minimum atomic E-state index is -0.677. The van der Waals surface area contributed by atoms with E-state index in [1.165, 1.54) is 12.1 Å². The lowest BCUT2D eigenvalue weighted by Gasteiger charge is -2.48. The number of carbonyl (C=O) groups excluding carboxylic acids is 2. The summed E-state index contributed by atoms with van der Waals surface area (Å²) in [7, 11) is 0. The molecule has 0 radical (unpaired) electrons. The third-order valence-electron chi connectivity index (χ3n) is 6.93. The predicted octanol–water partition coefficient (Wildman–Crippen LogP) is 4.99. The minimum absolute atomic E-state index is 0.0425. The van der Waals surface area contributed by atoms with Gasteiger partial charge in [-0.1, -0.05) is 30.0 Å². The quantitative estimate of drug-likeness (QED) is 0.342. The van der Waals surface area contributed by atoms with E-state index >= 15 is 0 Å². The number of nitrogens with zero attached hydrogens (tertiary/aromatic N) is 2. The van der Waals surface area contributed by atoms with Crippen molar-refractivity contribution in [1.29, 1.82) is 0 Å². The van der Waals surface area contributed by atoms with Gasteiger partial charge in [0.1, 0.15) is 17.2 Å². The van der Waals surface area contributed by atoms with Gasteiger partial charge >= 0.3 is 0 Å². The van der Waals surface area contributed by atoms with E-state index in [-0.39, 0.29) is 22.5 Å². The molecule has 0 saturated carbocycles. The van der Waals surface area contributed by atoms with E-state index in [4.69, 9.17) is 4.74 Å². The van der Waals surface area contributed by atoms with Gasteiger partial charge in [-0.15, -0.1) is 11.8 Å². The lowest BCUT2D eigenvalue weighted by molar-refractivity contribution is -0.151. The van der Waals surface area contributed by atoms with Crippen molar-refractivity contribution in [3.63, 3.8) is 0 Å². The summed E-state index contributed by atoms with van der Waals surface area (Å²) < 4.78 is 33.3. The van der Waals surface area contributed by atoms with Crippen molar-refractivity contribution in [2.45, 2.75) is 23.3 Å². The fourth-order valence-corrected chi connectivity index (χ4v) is 5.77. The molecule has 0 aromatic heterocycles. The van der Waals surface area contributed by atoms with Gasteiger partial charge in [0.05, 0.1) is 25.4 Å². The number of amides is 2. The molecule has 0 N–H and O–H groups in total. The van der Waals surface area contributed by atoms with Crippen LogP contribution in [0.1, 0.15) is 34.3 Å².